The van der Waals surface area contributed by atoms with E-state index in [-0.39, 0.29) is 12.5 Å². The highest BCUT2D eigenvalue weighted by molar-refractivity contribution is 5.93. The van der Waals surface area contributed by atoms with Crippen LogP contribution in [0.2, 0.25) is 0 Å². The molecule has 7 nitrogen and oxygen atoms in total. The number of pyridine rings is 1. The number of rotatable bonds is 6. The second-order valence-electron chi connectivity index (χ2n) is 7.96. The summed E-state index contributed by atoms with van der Waals surface area (Å²) in [5.74, 6) is 1.35. The van der Waals surface area contributed by atoms with Gasteiger partial charge in [0.05, 0.1) is 11.3 Å². The Kier molecular flexibility index (Phi) is 6.32. The lowest BCUT2D eigenvalue weighted by Gasteiger charge is -2.34. The third-order valence-corrected chi connectivity index (χ3v) is 5.73. The summed E-state index contributed by atoms with van der Waals surface area (Å²) in [6.45, 7) is 9.78. The largest absolute Gasteiger partial charge is 0.488 e. The number of hydrogen-bond acceptors (Lipinski definition) is 6. The van der Waals surface area contributed by atoms with Crippen LogP contribution in [0.1, 0.15) is 38.6 Å². The smallest absolute Gasteiger partial charge is 0.276 e. The fourth-order valence-corrected chi connectivity index (χ4v) is 3.88. The van der Waals surface area contributed by atoms with Crippen molar-refractivity contribution in [3.05, 3.63) is 76.4 Å². The van der Waals surface area contributed by atoms with Crippen LogP contribution in [0.4, 0.5) is 0 Å². The van der Waals surface area contributed by atoms with E-state index in [1.54, 1.807) is 0 Å². The highest BCUT2D eigenvalue weighted by Crippen LogP contribution is 2.25. The normalized spacial score (nSPS) is 14.6. The molecule has 1 aromatic carbocycles. The molecule has 4 rings (SSSR count). The van der Waals surface area contributed by atoms with Crippen LogP contribution in [0.3, 0.4) is 0 Å². The molecular formula is C24H28N4O3. The summed E-state index contributed by atoms with van der Waals surface area (Å²) in [5.41, 5.74) is 4.22. The number of hydrogen-bond donors (Lipinski definition) is 0. The number of aryl methyl sites for hydroxylation is 3. The van der Waals surface area contributed by atoms with Crippen LogP contribution < -0.4 is 4.74 Å². The zero-order chi connectivity index (χ0) is 21.8. The van der Waals surface area contributed by atoms with Crippen LogP contribution in [-0.4, -0.2) is 52.0 Å². The van der Waals surface area contributed by atoms with E-state index in [1.165, 1.54) is 0 Å². The van der Waals surface area contributed by atoms with Gasteiger partial charge >= 0.3 is 0 Å². The van der Waals surface area contributed by atoms with E-state index in [0.717, 1.165) is 42.2 Å². The molecule has 0 N–H and O–H groups in total. The predicted molar refractivity (Wildman–Crippen MR) is 117 cm³/mol. The quantitative estimate of drug-likeness (QED) is 0.608. The van der Waals surface area contributed by atoms with E-state index in [0.29, 0.717) is 30.1 Å². The molecule has 0 radical (unpaired) electrons. The van der Waals surface area contributed by atoms with Gasteiger partial charge in [0.1, 0.15) is 18.1 Å². The molecule has 0 atom stereocenters. The van der Waals surface area contributed by atoms with Gasteiger partial charge in [0.25, 0.3) is 5.91 Å². The molecule has 7 heteroatoms. The van der Waals surface area contributed by atoms with Crippen molar-refractivity contribution in [1.29, 1.82) is 0 Å². The van der Waals surface area contributed by atoms with Crippen molar-refractivity contribution in [3.8, 4) is 5.75 Å². The second kappa shape index (κ2) is 9.31. The highest BCUT2D eigenvalue weighted by atomic mass is 16.5. The number of piperazine rings is 1. The van der Waals surface area contributed by atoms with Gasteiger partial charge in [-0.05, 0) is 44.0 Å². The maximum Gasteiger partial charge on any atom is 0.276 e. The summed E-state index contributed by atoms with van der Waals surface area (Å²) < 4.78 is 11.4. The minimum atomic E-state index is -0.102. The molecule has 31 heavy (non-hydrogen) atoms. The van der Waals surface area contributed by atoms with Gasteiger partial charge in [0, 0.05) is 38.9 Å². The van der Waals surface area contributed by atoms with Crippen LogP contribution in [0.5, 0.6) is 5.75 Å². The average Bonchev–Trinajstić information content (AvgIpc) is 3.14. The number of para-hydroxylation sites is 1. The topological polar surface area (TPSA) is 71.7 Å². The number of benzene rings is 1. The lowest BCUT2D eigenvalue weighted by atomic mass is 10.1. The molecule has 1 saturated heterocycles. The fraction of sp³-hybridized carbons (Fsp3) is 0.375. The number of carbonyl (C=O) groups is 1. The molecule has 1 amide bonds. The molecule has 2 aromatic heterocycles. The number of ether oxygens (including phenoxy) is 1. The Hall–Kier alpha value is -3.19. The molecule has 162 valence electrons. The van der Waals surface area contributed by atoms with E-state index in [9.17, 15) is 4.79 Å². The third kappa shape index (κ3) is 4.77. The number of nitrogens with zero attached hydrogens (tertiary/aromatic N) is 4. The first-order valence-electron chi connectivity index (χ1n) is 10.6. The van der Waals surface area contributed by atoms with E-state index in [2.05, 4.69) is 15.0 Å². The van der Waals surface area contributed by atoms with E-state index < -0.39 is 0 Å². The van der Waals surface area contributed by atoms with Gasteiger partial charge in [0.2, 0.25) is 0 Å². The van der Waals surface area contributed by atoms with Crippen LogP contribution in [0.25, 0.3) is 0 Å². The SMILES string of the molecule is Cc1cccc(C)c1OCc1c(C(=O)N2CCN(Cc3ccccn3)CC2)noc1C. The Morgan fingerprint density at radius 2 is 1.77 bits per heavy atom. The molecule has 1 aliphatic heterocycles. The second-order valence-corrected chi connectivity index (χ2v) is 7.96. The summed E-state index contributed by atoms with van der Waals surface area (Å²) >= 11 is 0. The van der Waals surface area contributed by atoms with Crippen molar-refractivity contribution in [2.24, 2.45) is 0 Å². The van der Waals surface area contributed by atoms with Gasteiger partial charge in [-0.1, -0.05) is 29.4 Å². The molecule has 0 saturated carbocycles. The molecule has 0 spiro atoms. The van der Waals surface area contributed by atoms with Crippen LogP contribution in [0, 0.1) is 20.8 Å². The van der Waals surface area contributed by atoms with Crippen LogP contribution in [-0.2, 0) is 13.2 Å². The molecule has 3 heterocycles. The van der Waals surface area contributed by atoms with Gasteiger partial charge in [-0.25, -0.2) is 0 Å². The zero-order valence-corrected chi connectivity index (χ0v) is 18.3. The van der Waals surface area contributed by atoms with Crippen LogP contribution in [0.15, 0.2) is 47.1 Å². The van der Waals surface area contributed by atoms with Gasteiger partial charge in [0.15, 0.2) is 5.69 Å². The summed E-state index contributed by atoms with van der Waals surface area (Å²) in [6, 6.07) is 12.0. The number of aromatic nitrogens is 2. The van der Waals surface area contributed by atoms with E-state index in [4.69, 9.17) is 9.26 Å². The molecule has 1 aliphatic rings. The standard InChI is InChI=1S/C24H28N4O3/c1-17-7-6-8-18(2)23(17)30-16-21-19(3)31-26-22(21)24(29)28-13-11-27(12-14-28)15-20-9-4-5-10-25-20/h4-10H,11-16H2,1-3H3. The highest BCUT2D eigenvalue weighted by Gasteiger charge is 2.28. The van der Waals surface area contributed by atoms with Crippen molar-refractivity contribution in [2.75, 3.05) is 26.2 Å². The van der Waals surface area contributed by atoms with Crippen molar-refractivity contribution >= 4 is 5.91 Å². The average molecular weight is 421 g/mol. The van der Waals surface area contributed by atoms with Gasteiger partial charge in [-0.15, -0.1) is 0 Å². The Morgan fingerprint density at radius 3 is 2.45 bits per heavy atom. The maximum absolute atomic E-state index is 13.2. The monoisotopic (exact) mass is 420 g/mol. The van der Waals surface area contributed by atoms with E-state index >= 15 is 0 Å². The first kappa shape index (κ1) is 21.1. The molecule has 3 aromatic rings. The predicted octanol–water partition coefficient (Wildman–Crippen LogP) is 3.53. The minimum Gasteiger partial charge on any atom is -0.488 e. The molecule has 0 unspecified atom stereocenters. The molecule has 0 bridgehead atoms. The summed E-state index contributed by atoms with van der Waals surface area (Å²) in [6.07, 6.45) is 1.81. The van der Waals surface area contributed by atoms with Gasteiger partial charge in [-0.3, -0.25) is 14.7 Å². The summed E-state index contributed by atoms with van der Waals surface area (Å²) in [4.78, 5) is 21.7. The zero-order valence-electron chi connectivity index (χ0n) is 18.3. The number of carbonyl (C=O) groups excluding carboxylic acids is 1. The third-order valence-electron chi connectivity index (χ3n) is 5.73. The summed E-state index contributed by atoms with van der Waals surface area (Å²) in [7, 11) is 0. The first-order chi connectivity index (χ1) is 15.0. The Balaban J connectivity index is 1.39. The first-order valence-corrected chi connectivity index (χ1v) is 10.6. The lowest BCUT2D eigenvalue weighted by Crippen LogP contribution is -2.48. The minimum absolute atomic E-state index is 0.102. The van der Waals surface area contributed by atoms with E-state index in [1.807, 2.05) is 68.3 Å². The van der Waals surface area contributed by atoms with Crippen LogP contribution >= 0.6 is 0 Å². The Morgan fingerprint density at radius 1 is 1.03 bits per heavy atom. The molecule has 0 aliphatic carbocycles. The fourth-order valence-electron chi connectivity index (χ4n) is 3.88. The van der Waals surface area contributed by atoms with Gasteiger partial charge < -0.3 is 14.2 Å². The van der Waals surface area contributed by atoms with Crippen molar-refractivity contribution < 1.29 is 14.1 Å². The Bertz CT molecular complexity index is 1020. The van der Waals surface area contributed by atoms with Crippen molar-refractivity contribution in [1.82, 2.24) is 19.9 Å². The van der Waals surface area contributed by atoms with Crippen molar-refractivity contribution in [3.63, 3.8) is 0 Å². The molecule has 1 fully saturated rings. The summed E-state index contributed by atoms with van der Waals surface area (Å²) in [5, 5.41) is 4.06. The van der Waals surface area contributed by atoms with Gasteiger partial charge in [-0.2, -0.15) is 0 Å². The number of amides is 1. The molecular weight excluding hydrogens is 392 g/mol. The maximum atomic E-state index is 13.2. The lowest BCUT2D eigenvalue weighted by molar-refractivity contribution is 0.0615. The Labute approximate surface area is 182 Å². The van der Waals surface area contributed by atoms with Crippen molar-refractivity contribution in [2.45, 2.75) is 33.9 Å².